The van der Waals surface area contributed by atoms with Crippen LogP contribution >= 0.6 is 12.4 Å². The highest BCUT2D eigenvalue weighted by Gasteiger charge is 2.59. The van der Waals surface area contributed by atoms with Crippen molar-refractivity contribution in [2.45, 2.75) is 36.6 Å². The van der Waals surface area contributed by atoms with Crippen LogP contribution in [0.25, 0.3) is 0 Å². The van der Waals surface area contributed by atoms with Crippen molar-refractivity contribution < 1.29 is 23.1 Å². The Kier molecular flexibility index (Phi) is 5.17. The van der Waals surface area contributed by atoms with Crippen LogP contribution in [0.2, 0.25) is 0 Å². The average Bonchev–Trinajstić information content (AvgIpc) is 3.17. The normalized spacial score (nSPS) is 26.9. The molecule has 24 heavy (non-hydrogen) atoms. The first-order chi connectivity index (χ1) is 10.8. The fraction of sp³-hybridized carbons (Fsp3) is 0.714. The maximum atomic E-state index is 13.0. The molecule has 3 rings (SSSR count). The van der Waals surface area contributed by atoms with Crippen molar-refractivity contribution in [1.29, 1.82) is 0 Å². The van der Waals surface area contributed by atoms with Crippen LogP contribution in [0, 0.1) is 0 Å². The Bertz CT molecular complexity index is 575. The number of β-amino-alcohol motifs (C(OH)–C–C–N with tert-alkyl or cyclic N) is 1. The van der Waals surface area contributed by atoms with Crippen LogP contribution in [0.15, 0.2) is 18.5 Å². The van der Waals surface area contributed by atoms with Gasteiger partial charge in [-0.25, -0.2) is 0 Å². The van der Waals surface area contributed by atoms with E-state index in [9.17, 15) is 23.1 Å². The van der Waals surface area contributed by atoms with E-state index in [1.165, 1.54) is 0 Å². The maximum Gasteiger partial charge on any atom is 0.419 e. The van der Waals surface area contributed by atoms with Crippen LogP contribution in [-0.4, -0.2) is 63.7 Å². The summed E-state index contributed by atoms with van der Waals surface area (Å²) in [5.41, 5.74) is -3.80. The van der Waals surface area contributed by atoms with Gasteiger partial charge in [0.15, 0.2) is 5.60 Å². The Morgan fingerprint density at radius 1 is 1.25 bits per heavy atom. The highest BCUT2D eigenvalue weighted by Crippen LogP contribution is 2.39. The summed E-state index contributed by atoms with van der Waals surface area (Å²) < 4.78 is 40.5. The van der Waals surface area contributed by atoms with Gasteiger partial charge in [0.2, 0.25) is 0 Å². The Balaban J connectivity index is 0.00000208. The van der Waals surface area contributed by atoms with E-state index in [4.69, 9.17) is 0 Å². The third-order valence-corrected chi connectivity index (χ3v) is 4.83. The topological polar surface area (TPSA) is 70.4 Å². The van der Waals surface area contributed by atoms with Crippen molar-refractivity contribution in [2.75, 3.05) is 26.2 Å². The molecule has 1 amide bonds. The molecule has 2 N–H and O–H groups in total. The van der Waals surface area contributed by atoms with Gasteiger partial charge >= 0.3 is 6.18 Å². The molecular weight excluding hydrogens is 349 g/mol. The Hall–Kier alpha value is -1.32. The monoisotopic (exact) mass is 368 g/mol. The number of halogens is 4. The molecule has 0 radical (unpaired) electrons. The van der Waals surface area contributed by atoms with E-state index >= 15 is 0 Å². The Labute approximate surface area is 143 Å². The summed E-state index contributed by atoms with van der Waals surface area (Å²) in [5.74, 6) is -0.400. The molecule has 6 nitrogen and oxygen atoms in total. The molecule has 2 aliphatic heterocycles. The summed E-state index contributed by atoms with van der Waals surface area (Å²) in [5, 5.41) is 17.1. The predicted molar refractivity (Wildman–Crippen MR) is 81.8 cm³/mol. The van der Waals surface area contributed by atoms with Gasteiger partial charge in [-0.3, -0.25) is 9.48 Å². The van der Waals surface area contributed by atoms with Crippen LogP contribution < -0.4 is 5.32 Å². The number of aliphatic hydroxyl groups is 1. The number of carbonyl (C=O) groups is 1. The van der Waals surface area contributed by atoms with Gasteiger partial charge in [0, 0.05) is 25.4 Å². The Morgan fingerprint density at radius 3 is 2.42 bits per heavy atom. The van der Waals surface area contributed by atoms with E-state index in [0.29, 0.717) is 25.9 Å². The lowest BCUT2D eigenvalue weighted by atomic mass is 9.87. The minimum Gasteiger partial charge on any atom is -0.379 e. The largest absolute Gasteiger partial charge is 0.419 e. The molecule has 10 heteroatoms. The number of alkyl halides is 3. The molecule has 0 aliphatic carbocycles. The van der Waals surface area contributed by atoms with Crippen molar-refractivity contribution >= 4 is 18.3 Å². The second kappa shape index (κ2) is 6.53. The van der Waals surface area contributed by atoms with Crippen molar-refractivity contribution in [3.05, 3.63) is 18.5 Å². The number of nitrogens with zero attached hydrogens (tertiary/aromatic N) is 3. The first-order valence-corrected chi connectivity index (χ1v) is 7.58. The molecule has 2 aliphatic rings. The smallest absolute Gasteiger partial charge is 0.379 e. The van der Waals surface area contributed by atoms with E-state index in [1.54, 1.807) is 23.1 Å². The van der Waals surface area contributed by atoms with Gasteiger partial charge in [0.1, 0.15) is 5.54 Å². The standard InChI is InChI=1S/C14H19F3N4O2.ClH/c15-14(16,17)13(23)4-9-20(10-13)11(22)12(2-6-18-7-3-12)21-8-1-5-19-21;/h1,5,8,18,23H,2-4,6-7,9-10H2;1H. The fourth-order valence-electron chi connectivity index (χ4n) is 3.40. The van der Waals surface area contributed by atoms with Crippen LogP contribution in [0.3, 0.4) is 0 Å². The van der Waals surface area contributed by atoms with E-state index in [-0.39, 0.29) is 19.0 Å². The molecule has 2 saturated heterocycles. The van der Waals surface area contributed by atoms with Gasteiger partial charge in [-0.05, 0) is 32.0 Å². The second-order valence-electron chi connectivity index (χ2n) is 6.24. The Morgan fingerprint density at radius 2 is 1.92 bits per heavy atom. The van der Waals surface area contributed by atoms with Crippen molar-refractivity contribution in [1.82, 2.24) is 20.0 Å². The number of rotatable bonds is 2. The first-order valence-electron chi connectivity index (χ1n) is 7.58. The van der Waals surface area contributed by atoms with E-state index in [2.05, 4.69) is 10.4 Å². The number of amides is 1. The number of aromatic nitrogens is 2. The molecule has 2 fully saturated rings. The van der Waals surface area contributed by atoms with E-state index < -0.39 is 36.2 Å². The second-order valence-corrected chi connectivity index (χ2v) is 6.24. The minimum absolute atomic E-state index is 0. The third-order valence-electron chi connectivity index (χ3n) is 4.83. The molecule has 0 saturated carbocycles. The number of hydrogen-bond donors (Lipinski definition) is 2. The molecule has 3 heterocycles. The van der Waals surface area contributed by atoms with E-state index in [1.807, 2.05) is 0 Å². The van der Waals surface area contributed by atoms with Crippen molar-refractivity contribution in [2.24, 2.45) is 0 Å². The molecule has 0 spiro atoms. The van der Waals surface area contributed by atoms with Crippen molar-refractivity contribution in [3.63, 3.8) is 0 Å². The maximum absolute atomic E-state index is 13.0. The molecule has 0 aromatic carbocycles. The van der Waals surface area contributed by atoms with Crippen LogP contribution in [-0.2, 0) is 10.3 Å². The SMILES string of the molecule is Cl.O=C(N1CCC(O)(C(F)(F)F)C1)C1(n2cccn2)CCNCC1. The molecule has 1 unspecified atom stereocenters. The number of nitrogens with one attached hydrogen (secondary N) is 1. The molecule has 1 aromatic heterocycles. The molecular formula is C14H20ClF3N4O2. The van der Waals surface area contributed by atoms with Gasteiger partial charge in [-0.15, -0.1) is 12.4 Å². The number of carbonyl (C=O) groups excluding carboxylic acids is 1. The number of likely N-dealkylation sites (tertiary alicyclic amines) is 1. The zero-order valence-electron chi connectivity index (χ0n) is 12.9. The highest BCUT2D eigenvalue weighted by molar-refractivity contribution is 5.85. The molecule has 136 valence electrons. The van der Waals surface area contributed by atoms with Gasteiger partial charge in [0.25, 0.3) is 5.91 Å². The van der Waals surface area contributed by atoms with Gasteiger partial charge in [-0.1, -0.05) is 0 Å². The molecule has 1 atom stereocenters. The average molecular weight is 369 g/mol. The zero-order chi connectivity index (χ0) is 16.7. The summed E-state index contributed by atoms with van der Waals surface area (Å²) in [6.07, 6.45) is -1.12. The number of hydrogen-bond acceptors (Lipinski definition) is 4. The van der Waals surface area contributed by atoms with Crippen LogP contribution in [0.1, 0.15) is 19.3 Å². The first kappa shape index (κ1) is 19.0. The lowest BCUT2D eigenvalue weighted by Crippen LogP contribution is -2.56. The summed E-state index contributed by atoms with van der Waals surface area (Å²) in [7, 11) is 0. The van der Waals surface area contributed by atoms with Gasteiger partial charge < -0.3 is 15.3 Å². The highest BCUT2D eigenvalue weighted by atomic mass is 35.5. The third kappa shape index (κ3) is 3.00. The van der Waals surface area contributed by atoms with E-state index in [0.717, 1.165) is 4.90 Å². The van der Waals surface area contributed by atoms with Crippen LogP contribution in [0.5, 0.6) is 0 Å². The zero-order valence-corrected chi connectivity index (χ0v) is 13.7. The van der Waals surface area contributed by atoms with Gasteiger partial charge in [0.05, 0.1) is 6.54 Å². The molecule has 1 aromatic rings. The predicted octanol–water partition coefficient (Wildman–Crippen LogP) is 0.909. The van der Waals surface area contributed by atoms with Crippen LogP contribution in [0.4, 0.5) is 13.2 Å². The molecule has 0 bridgehead atoms. The summed E-state index contributed by atoms with van der Waals surface area (Å²) in [6.45, 7) is 0.350. The lowest BCUT2D eigenvalue weighted by Gasteiger charge is -2.39. The minimum atomic E-state index is -4.74. The quantitative estimate of drug-likeness (QED) is 0.814. The summed E-state index contributed by atoms with van der Waals surface area (Å²) in [6, 6.07) is 1.69. The number of piperidine rings is 1. The summed E-state index contributed by atoms with van der Waals surface area (Å²) in [4.78, 5) is 14.1. The fourth-order valence-corrected chi connectivity index (χ4v) is 3.40. The van der Waals surface area contributed by atoms with Crippen molar-refractivity contribution in [3.8, 4) is 0 Å². The lowest BCUT2D eigenvalue weighted by molar-refractivity contribution is -0.253. The summed E-state index contributed by atoms with van der Waals surface area (Å²) >= 11 is 0. The van der Waals surface area contributed by atoms with Gasteiger partial charge in [-0.2, -0.15) is 18.3 Å².